The number of β-amino-alcohol motifs (C(OH)–C–C–N with tert-alkyl or cyclic N) is 1. The molecule has 0 radical (unpaired) electrons. The van der Waals surface area contributed by atoms with E-state index >= 15 is 0 Å². The van der Waals surface area contributed by atoms with E-state index < -0.39 is 52.3 Å². The highest BCUT2D eigenvalue weighted by Crippen LogP contribution is 2.41. The van der Waals surface area contributed by atoms with Crippen molar-refractivity contribution in [3.05, 3.63) is 35.5 Å². The van der Waals surface area contributed by atoms with Gasteiger partial charge in [0.05, 0.1) is 11.4 Å². The lowest BCUT2D eigenvalue weighted by molar-refractivity contribution is -0.261. The molecule has 15 heteroatoms. The Bertz CT molecular complexity index is 1220. The van der Waals surface area contributed by atoms with E-state index in [1.807, 2.05) is 0 Å². The van der Waals surface area contributed by atoms with E-state index in [2.05, 4.69) is 20.0 Å². The predicted molar refractivity (Wildman–Crippen MR) is 119 cm³/mol. The summed E-state index contributed by atoms with van der Waals surface area (Å²) in [6.45, 7) is 3.54. The Morgan fingerprint density at radius 1 is 1.17 bits per heavy atom. The van der Waals surface area contributed by atoms with Gasteiger partial charge >= 0.3 is 12.4 Å². The SMILES string of the molecule is Cc1cc(S(=O)(=O)NC(C)C)ccc1Nc1ncc(C(F)(F)F)c(N2CCCC(O)(C(F)(F)F)C2)n1. The van der Waals surface area contributed by atoms with Crippen LogP contribution in [0.4, 0.5) is 43.8 Å². The van der Waals surface area contributed by atoms with Gasteiger partial charge < -0.3 is 15.3 Å². The molecular weight excluding hydrogens is 516 g/mol. The van der Waals surface area contributed by atoms with Gasteiger partial charge in [-0.25, -0.2) is 18.1 Å². The van der Waals surface area contributed by atoms with E-state index in [4.69, 9.17) is 0 Å². The Hall–Kier alpha value is -2.65. The highest BCUT2D eigenvalue weighted by molar-refractivity contribution is 7.89. The summed E-state index contributed by atoms with van der Waals surface area (Å²) in [6, 6.07) is 3.64. The third kappa shape index (κ3) is 6.00. The summed E-state index contributed by atoms with van der Waals surface area (Å²) < 4.78 is 108. The van der Waals surface area contributed by atoms with Crippen LogP contribution in [0.2, 0.25) is 0 Å². The first-order valence-corrected chi connectivity index (χ1v) is 12.3. The maximum absolute atomic E-state index is 13.6. The molecule has 3 rings (SSSR count). The van der Waals surface area contributed by atoms with Gasteiger partial charge in [0.2, 0.25) is 16.0 Å². The molecule has 1 unspecified atom stereocenters. The number of nitrogens with zero attached hydrogens (tertiary/aromatic N) is 3. The van der Waals surface area contributed by atoms with Crippen LogP contribution in [0.15, 0.2) is 29.3 Å². The monoisotopic (exact) mass is 541 g/mol. The maximum Gasteiger partial charge on any atom is 0.421 e. The second kappa shape index (κ2) is 9.67. The molecule has 0 spiro atoms. The van der Waals surface area contributed by atoms with E-state index in [1.54, 1.807) is 20.8 Å². The third-order valence-electron chi connectivity index (χ3n) is 5.52. The van der Waals surface area contributed by atoms with Crippen molar-refractivity contribution in [1.82, 2.24) is 14.7 Å². The lowest BCUT2D eigenvalue weighted by atomic mass is 9.92. The number of anilines is 3. The average Bonchev–Trinajstić information content (AvgIpc) is 2.72. The number of nitrogens with one attached hydrogen (secondary N) is 2. The standard InChI is InChI=1S/C21H25F6N5O3S/c1-12(2)31-36(34,35)14-5-6-16(13(3)9-14)29-18-28-10-15(20(22,23)24)17(30-18)32-8-4-7-19(33,11-32)21(25,26)27/h5-6,9-10,12,31,33H,4,7-8,11H2,1-3H3,(H,28,29,30). The van der Waals surface area contributed by atoms with Gasteiger partial charge in [0.25, 0.3) is 0 Å². The number of alkyl halides is 6. The number of rotatable bonds is 6. The molecule has 2 aromatic rings. The smallest absolute Gasteiger partial charge is 0.379 e. The van der Waals surface area contributed by atoms with E-state index in [-0.39, 0.29) is 35.5 Å². The molecule has 0 amide bonds. The van der Waals surface area contributed by atoms with Crippen molar-refractivity contribution in [3.8, 4) is 0 Å². The number of halogens is 6. The van der Waals surface area contributed by atoms with Crippen LogP contribution >= 0.6 is 0 Å². The summed E-state index contributed by atoms with van der Waals surface area (Å²) in [5.74, 6) is -1.15. The number of sulfonamides is 1. The Morgan fingerprint density at radius 3 is 2.39 bits per heavy atom. The van der Waals surface area contributed by atoms with Gasteiger partial charge in [-0.15, -0.1) is 0 Å². The molecule has 1 saturated heterocycles. The molecule has 0 bridgehead atoms. The van der Waals surface area contributed by atoms with Crippen molar-refractivity contribution >= 4 is 27.5 Å². The Kier molecular flexibility index (Phi) is 7.50. The summed E-state index contributed by atoms with van der Waals surface area (Å²) in [4.78, 5) is 8.19. The molecule has 2 heterocycles. The topological polar surface area (TPSA) is 107 Å². The Balaban J connectivity index is 1.96. The predicted octanol–water partition coefficient (Wildman–Crippen LogP) is 4.13. The summed E-state index contributed by atoms with van der Waals surface area (Å²) in [6.07, 6.45) is -10.4. The summed E-state index contributed by atoms with van der Waals surface area (Å²) in [7, 11) is -3.79. The van der Waals surface area contributed by atoms with Gasteiger partial charge in [-0.05, 0) is 57.4 Å². The van der Waals surface area contributed by atoms with E-state index in [1.165, 1.54) is 18.2 Å². The van der Waals surface area contributed by atoms with Crippen LogP contribution in [-0.2, 0) is 16.2 Å². The largest absolute Gasteiger partial charge is 0.421 e. The Labute approximate surface area is 203 Å². The van der Waals surface area contributed by atoms with Crippen LogP contribution in [0.25, 0.3) is 0 Å². The van der Waals surface area contributed by atoms with Crippen molar-refractivity contribution in [2.45, 2.75) is 62.5 Å². The average molecular weight is 542 g/mol. The van der Waals surface area contributed by atoms with Crippen LogP contribution < -0.4 is 14.9 Å². The molecule has 1 aromatic carbocycles. The van der Waals surface area contributed by atoms with Crippen molar-refractivity contribution in [3.63, 3.8) is 0 Å². The van der Waals surface area contributed by atoms with Crippen LogP contribution in [0, 0.1) is 6.92 Å². The normalized spacial score (nSPS) is 19.6. The van der Waals surface area contributed by atoms with Crippen LogP contribution in [-0.4, -0.2) is 54.4 Å². The molecule has 200 valence electrons. The fraction of sp³-hybridized carbons (Fsp3) is 0.524. The van der Waals surface area contributed by atoms with Gasteiger partial charge in [0, 0.05) is 24.5 Å². The summed E-state index contributed by atoms with van der Waals surface area (Å²) in [5.41, 5.74) is -3.86. The molecule has 1 aliphatic heterocycles. The van der Waals surface area contributed by atoms with Crippen LogP contribution in [0.5, 0.6) is 0 Å². The zero-order valence-corrected chi connectivity index (χ0v) is 20.3. The minimum Gasteiger partial charge on any atom is -0.379 e. The van der Waals surface area contributed by atoms with Gasteiger partial charge in [-0.2, -0.15) is 31.3 Å². The van der Waals surface area contributed by atoms with Crippen molar-refractivity contribution < 1.29 is 39.9 Å². The summed E-state index contributed by atoms with van der Waals surface area (Å²) in [5, 5.41) is 12.7. The van der Waals surface area contributed by atoms with E-state index in [9.17, 15) is 39.9 Å². The maximum atomic E-state index is 13.6. The zero-order valence-electron chi connectivity index (χ0n) is 19.5. The molecule has 0 saturated carbocycles. The first-order chi connectivity index (χ1) is 16.4. The summed E-state index contributed by atoms with van der Waals surface area (Å²) >= 11 is 0. The van der Waals surface area contributed by atoms with Crippen molar-refractivity contribution in [1.29, 1.82) is 0 Å². The lowest BCUT2D eigenvalue weighted by Crippen LogP contribution is -2.57. The van der Waals surface area contributed by atoms with Crippen molar-refractivity contribution in [2.24, 2.45) is 0 Å². The first kappa shape index (κ1) is 27.9. The zero-order chi connectivity index (χ0) is 27.1. The van der Waals surface area contributed by atoms with Crippen molar-refractivity contribution in [2.75, 3.05) is 23.3 Å². The van der Waals surface area contributed by atoms with Crippen LogP contribution in [0.1, 0.15) is 37.8 Å². The molecule has 3 N–H and O–H groups in total. The van der Waals surface area contributed by atoms with Gasteiger partial charge in [-0.1, -0.05) is 0 Å². The first-order valence-electron chi connectivity index (χ1n) is 10.8. The minimum absolute atomic E-state index is 0.0342. The van der Waals surface area contributed by atoms with Gasteiger partial charge in [0.15, 0.2) is 5.60 Å². The molecular formula is C21H25F6N5O3S. The lowest BCUT2D eigenvalue weighted by Gasteiger charge is -2.41. The molecule has 1 atom stereocenters. The molecule has 1 aromatic heterocycles. The number of hydrogen-bond acceptors (Lipinski definition) is 7. The van der Waals surface area contributed by atoms with Crippen LogP contribution in [0.3, 0.4) is 0 Å². The molecule has 1 fully saturated rings. The number of hydrogen-bond donors (Lipinski definition) is 3. The highest BCUT2D eigenvalue weighted by Gasteiger charge is 2.56. The molecule has 0 aliphatic carbocycles. The molecule has 1 aliphatic rings. The Morgan fingerprint density at radius 2 is 1.83 bits per heavy atom. The fourth-order valence-electron chi connectivity index (χ4n) is 3.76. The number of piperidine rings is 1. The quantitative estimate of drug-likeness (QED) is 0.472. The van der Waals surface area contributed by atoms with Gasteiger partial charge in [0.1, 0.15) is 11.4 Å². The fourth-order valence-corrected chi connectivity index (χ4v) is 5.10. The van der Waals surface area contributed by atoms with E-state index in [0.29, 0.717) is 11.8 Å². The number of benzene rings is 1. The molecule has 8 nitrogen and oxygen atoms in total. The number of aromatic nitrogens is 2. The second-order valence-electron chi connectivity index (χ2n) is 8.86. The van der Waals surface area contributed by atoms with Gasteiger partial charge in [-0.3, -0.25) is 0 Å². The highest BCUT2D eigenvalue weighted by atomic mass is 32.2. The minimum atomic E-state index is -5.04. The van der Waals surface area contributed by atoms with E-state index in [0.717, 1.165) is 4.90 Å². The second-order valence-corrected chi connectivity index (χ2v) is 10.6. The third-order valence-corrected chi connectivity index (χ3v) is 7.17. The number of aryl methyl sites for hydroxylation is 1. The molecule has 36 heavy (non-hydrogen) atoms. The number of aliphatic hydroxyl groups is 1.